The van der Waals surface area contributed by atoms with Gasteiger partial charge in [-0.25, -0.2) is 4.79 Å². The average molecular weight is 329 g/mol. The lowest BCUT2D eigenvalue weighted by Gasteiger charge is -2.13. The Morgan fingerprint density at radius 2 is 1.91 bits per heavy atom. The first-order chi connectivity index (χ1) is 11.0. The number of amides is 1. The highest BCUT2D eigenvalue weighted by atomic mass is 35.5. The number of nitrogens with one attached hydrogen (secondary N) is 1. The molecule has 0 fully saturated rings. The van der Waals surface area contributed by atoms with Crippen molar-refractivity contribution in [2.75, 3.05) is 5.32 Å². The molecule has 2 aromatic rings. The van der Waals surface area contributed by atoms with Gasteiger partial charge in [0.25, 0.3) is 5.91 Å². The number of nitrogens with zero attached hydrogens (tertiary/aromatic N) is 1. The molecule has 0 saturated carbocycles. The predicted octanol–water partition coefficient (Wildman–Crippen LogP) is 3.40. The fraction of sp³-hybridized carbons (Fsp3) is 0.118. The molecular weight excluding hydrogens is 316 g/mol. The summed E-state index contributed by atoms with van der Waals surface area (Å²) in [5, 5.41) is 11.8. The van der Waals surface area contributed by atoms with Crippen molar-refractivity contribution in [2.45, 2.75) is 13.0 Å². The molecule has 0 bridgehead atoms. The van der Waals surface area contributed by atoms with Crippen LogP contribution >= 0.6 is 11.6 Å². The summed E-state index contributed by atoms with van der Waals surface area (Å²) in [6, 6.07) is 14.6. The maximum atomic E-state index is 12.0. The fourth-order valence-corrected chi connectivity index (χ4v) is 1.96. The third-order valence-corrected chi connectivity index (χ3v) is 3.23. The van der Waals surface area contributed by atoms with E-state index in [1.54, 1.807) is 24.3 Å². The molecule has 1 atom stereocenters. The number of halogens is 1. The minimum absolute atomic E-state index is 0.270. The molecule has 0 saturated heterocycles. The molecule has 0 heterocycles. The topological polar surface area (TPSA) is 79.2 Å². The van der Waals surface area contributed by atoms with Crippen LogP contribution in [-0.4, -0.2) is 18.0 Å². The number of anilines is 1. The second-order valence-corrected chi connectivity index (χ2v) is 5.17. The summed E-state index contributed by atoms with van der Waals surface area (Å²) < 4.78 is 5.11. The number of esters is 1. The molecule has 1 amide bonds. The highest BCUT2D eigenvalue weighted by Crippen LogP contribution is 2.15. The largest absolute Gasteiger partial charge is 0.449 e. The van der Waals surface area contributed by atoms with E-state index in [-0.39, 0.29) is 5.56 Å². The van der Waals surface area contributed by atoms with Crippen molar-refractivity contribution >= 4 is 29.2 Å². The number of carbonyl (C=O) groups is 2. The lowest BCUT2D eigenvalue weighted by atomic mass is 10.1. The first-order valence-electron chi connectivity index (χ1n) is 6.77. The van der Waals surface area contributed by atoms with Gasteiger partial charge in [0, 0.05) is 10.7 Å². The number of benzene rings is 2. The van der Waals surface area contributed by atoms with E-state index in [0.717, 1.165) is 0 Å². The van der Waals surface area contributed by atoms with E-state index in [4.69, 9.17) is 21.6 Å². The van der Waals surface area contributed by atoms with Gasteiger partial charge in [0.2, 0.25) is 0 Å². The Bertz CT molecular complexity index is 766. The molecule has 0 unspecified atom stereocenters. The van der Waals surface area contributed by atoms with Gasteiger partial charge in [-0.3, -0.25) is 4.79 Å². The van der Waals surface area contributed by atoms with E-state index in [2.05, 4.69) is 5.32 Å². The van der Waals surface area contributed by atoms with Gasteiger partial charge < -0.3 is 10.1 Å². The van der Waals surface area contributed by atoms with Crippen molar-refractivity contribution in [3.05, 3.63) is 64.7 Å². The van der Waals surface area contributed by atoms with Crippen molar-refractivity contribution in [2.24, 2.45) is 0 Å². The Labute approximate surface area is 138 Å². The maximum absolute atomic E-state index is 12.0. The van der Waals surface area contributed by atoms with Crippen LogP contribution in [0.2, 0.25) is 5.02 Å². The van der Waals surface area contributed by atoms with Crippen molar-refractivity contribution in [1.82, 2.24) is 0 Å². The summed E-state index contributed by atoms with van der Waals surface area (Å²) in [7, 11) is 0. The lowest BCUT2D eigenvalue weighted by Crippen LogP contribution is -2.30. The standard InChI is InChI=1S/C17H13ClN2O3/c1-11(16(21)20-15-4-2-3-14(18)9-15)23-17(22)13-7-5-12(10-19)6-8-13/h2-9,11H,1H3,(H,20,21)/t11-/m0/s1. The minimum Gasteiger partial charge on any atom is -0.449 e. The Morgan fingerprint density at radius 3 is 2.52 bits per heavy atom. The molecule has 0 aliphatic rings. The lowest BCUT2D eigenvalue weighted by molar-refractivity contribution is -0.123. The van der Waals surface area contributed by atoms with Crippen LogP contribution in [0.1, 0.15) is 22.8 Å². The van der Waals surface area contributed by atoms with Crippen LogP contribution in [-0.2, 0) is 9.53 Å². The van der Waals surface area contributed by atoms with Gasteiger partial charge in [0.1, 0.15) is 0 Å². The zero-order valence-corrected chi connectivity index (χ0v) is 13.0. The van der Waals surface area contributed by atoms with E-state index in [1.807, 2.05) is 6.07 Å². The van der Waals surface area contributed by atoms with E-state index >= 15 is 0 Å². The van der Waals surface area contributed by atoms with Crippen LogP contribution in [0.15, 0.2) is 48.5 Å². The van der Waals surface area contributed by atoms with Gasteiger partial charge in [-0.15, -0.1) is 0 Å². The maximum Gasteiger partial charge on any atom is 0.338 e. The van der Waals surface area contributed by atoms with Crippen LogP contribution in [0.5, 0.6) is 0 Å². The molecule has 0 spiro atoms. The summed E-state index contributed by atoms with van der Waals surface area (Å²) in [6.45, 7) is 1.47. The average Bonchev–Trinajstić information content (AvgIpc) is 2.54. The highest BCUT2D eigenvalue weighted by Gasteiger charge is 2.19. The summed E-state index contributed by atoms with van der Waals surface area (Å²) >= 11 is 5.84. The predicted molar refractivity (Wildman–Crippen MR) is 86.1 cm³/mol. The molecule has 6 heteroatoms. The van der Waals surface area contributed by atoms with Crippen molar-refractivity contribution < 1.29 is 14.3 Å². The minimum atomic E-state index is -0.975. The molecule has 0 aromatic heterocycles. The molecular formula is C17H13ClN2O3. The SMILES string of the molecule is C[C@H](OC(=O)c1ccc(C#N)cc1)C(=O)Nc1cccc(Cl)c1. The molecule has 0 radical (unpaired) electrons. The van der Waals surface area contributed by atoms with Crippen molar-refractivity contribution in [3.63, 3.8) is 0 Å². The van der Waals surface area contributed by atoms with Crippen LogP contribution in [0.3, 0.4) is 0 Å². The van der Waals surface area contributed by atoms with Gasteiger partial charge in [-0.05, 0) is 49.4 Å². The molecule has 2 aromatic carbocycles. The number of carbonyl (C=O) groups excluding carboxylic acids is 2. The molecule has 0 aliphatic carbocycles. The van der Waals surface area contributed by atoms with Crippen molar-refractivity contribution in [1.29, 1.82) is 5.26 Å². The summed E-state index contributed by atoms with van der Waals surface area (Å²) in [6.07, 6.45) is -0.975. The Hall–Kier alpha value is -2.84. The van der Waals surface area contributed by atoms with Gasteiger partial charge in [-0.1, -0.05) is 17.7 Å². The normalized spacial score (nSPS) is 11.2. The molecule has 5 nitrogen and oxygen atoms in total. The number of nitriles is 1. The number of hydrogen-bond acceptors (Lipinski definition) is 4. The monoisotopic (exact) mass is 328 g/mol. The van der Waals surface area contributed by atoms with Crippen molar-refractivity contribution in [3.8, 4) is 6.07 Å². The Morgan fingerprint density at radius 1 is 1.22 bits per heavy atom. The quantitative estimate of drug-likeness (QED) is 0.872. The van der Waals surface area contributed by atoms with Gasteiger partial charge in [0.05, 0.1) is 17.2 Å². The van der Waals surface area contributed by atoms with Gasteiger partial charge >= 0.3 is 5.97 Å². The summed E-state index contributed by atoms with van der Waals surface area (Å²) in [4.78, 5) is 24.0. The zero-order valence-electron chi connectivity index (χ0n) is 12.2. The van der Waals surface area contributed by atoms with Gasteiger partial charge in [-0.2, -0.15) is 5.26 Å². The van der Waals surface area contributed by atoms with Crippen LogP contribution in [0.4, 0.5) is 5.69 Å². The molecule has 2 rings (SSSR count). The Kier molecular flexibility index (Phi) is 5.34. The van der Waals surface area contributed by atoms with Gasteiger partial charge in [0.15, 0.2) is 6.10 Å². The number of ether oxygens (including phenoxy) is 1. The summed E-state index contributed by atoms with van der Waals surface area (Å²) in [5.74, 6) is -1.10. The van der Waals surface area contributed by atoms with Crippen LogP contribution in [0.25, 0.3) is 0 Å². The van der Waals surface area contributed by atoms with Crippen LogP contribution < -0.4 is 5.32 Å². The summed E-state index contributed by atoms with van der Waals surface area (Å²) in [5.41, 5.74) is 1.23. The Balaban J connectivity index is 1.97. The third-order valence-electron chi connectivity index (χ3n) is 2.99. The first-order valence-corrected chi connectivity index (χ1v) is 7.15. The number of hydrogen-bond donors (Lipinski definition) is 1. The smallest absolute Gasteiger partial charge is 0.338 e. The van der Waals surface area contributed by atoms with Crippen LogP contribution in [0, 0.1) is 11.3 Å². The van der Waals surface area contributed by atoms with E-state index < -0.39 is 18.0 Å². The number of rotatable bonds is 4. The molecule has 1 N–H and O–H groups in total. The van der Waals surface area contributed by atoms with E-state index in [0.29, 0.717) is 16.3 Å². The second-order valence-electron chi connectivity index (χ2n) is 4.74. The molecule has 116 valence electrons. The first kappa shape index (κ1) is 16.5. The third kappa shape index (κ3) is 4.56. The molecule has 23 heavy (non-hydrogen) atoms. The zero-order chi connectivity index (χ0) is 16.8. The highest BCUT2D eigenvalue weighted by molar-refractivity contribution is 6.30. The molecule has 0 aliphatic heterocycles. The fourth-order valence-electron chi connectivity index (χ4n) is 1.77. The van der Waals surface area contributed by atoms with E-state index in [9.17, 15) is 9.59 Å². The second kappa shape index (κ2) is 7.43. The van der Waals surface area contributed by atoms with E-state index in [1.165, 1.54) is 31.2 Å².